The van der Waals surface area contributed by atoms with E-state index in [1.807, 2.05) is 11.8 Å². The summed E-state index contributed by atoms with van der Waals surface area (Å²) in [5, 5.41) is 3.42. The lowest BCUT2D eigenvalue weighted by atomic mass is 9.93. The van der Waals surface area contributed by atoms with Gasteiger partial charge in [-0.3, -0.25) is 9.59 Å². The zero-order valence-corrected chi connectivity index (χ0v) is 13.2. The summed E-state index contributed by atoms with van der Waals surface area (Å²) in [4.78, 5) is 25.9. The molecule has 3 rings (SSSR count). The van der Waals surface area contributed by atoms with Crippen molar-refractivity contribution >= 4 is 23.4 Å². The summed E-state index contributed by atoms with van der Waals surface area (Å²) in [6.07, 6.45) is 1.32. The highest BCUT2D eigenvalue weighted by molar-refractivity contribution is 6.32. The highest BCUT2D eigenvalue weighted by Crippen LogP contribution is 2.29. The first-order valence-corrected chi connectivity index (χ1v) is 7.97. The number of nitrogens with zero attached hydrogens (tertiary/aromatic N) is 1. The van der Waals surface area contributed by atoms with Gasteiger partial charge in [-0.05, 0) is 31.5 Å². The van der Waals surface area contributed by atoms with Crippen molar-refractivity contribution in [2.75, 3.05) is 19.7 Å². The number of hydrogen-bond donors (Lipinski definition) is 1. The summed E-state index contributed by atoms with van der Waals surface area (Å²) in [6.45, 7) is 3.69. The molecule has 0 bridgehead atoms. The molecule has 1 aromatic rings. The second kappa shape index (κ2) is 6.16. The maximum Gasteiger partial charge on any atom is 0.253 e. The smallest absolute Gasteiger partial charge is 0.253 e. The topological polar surface area (TPSA) is 58.6 Å². The van der Waals surface area contributed by atoms with Crippen molar-refractivity contribution < 1.29 is 14.3 Å². The number of halogens is 1. The van der Waals surface area contributed by atoms with Crippen molar-refractivity contribution in [1.82, 2.24) is 10.2 Å². The van der Waals surface area contributed by atoms with Gasteiger partial charge in [0.15, 0.2) is 0 Å². The Balaban J connectivity index is 1.71. The van der Waals surface area contributed by atoms with E-state index >= 15 is 0 Å². The fraction of sp³-hybridized carbons (Fsp3) is 0.500. The molecule has 118 valence electrons. The van der Waals surface area contributed by atoms with E-state index in [9.17, 15) is 9.59 Å². The predicted octanol–water partition coefficient (Wildman–Crippen LogP) is 2.09. The lowest BCUT2D eigenvalue weighted by Crippen LogP contribution is -2.47. The van der Waals surface area contributed by atoms with Crippen LogP contribution in [0.5, 0.6) is 5.75 Å². The molecule has 0 spiro atoms. The summed E-state index contributed by atoms with van der Waals surface area (Å²) >= 11 is 6.15. The maximum absolute atomic E-state index is 12.6. The van der Waals surface area contributed by atoms with Crippen LogP contribution in [0.1, 0.15) is 30.1 Å². The molecule has 2 aliphatic heterocycles. The van der Waals surface area contributed by atoms with Crippen LogP contribution in [0, 0.1) is 5.92 Å². The van der Waals surface area contributed by atoms with E-state index in [2.05, 4.69) is 5.32 Å². The molecule has 2 aliphatic rings. The molecule has 6 heteroatoms. The number of carbonyl (C=O) groups excluding carboxylic acids is 2. The number of nitrogens with one attached hydrogen (secondary N) is 1. The molecule has 2 heterocycles. The summed E-state index contributed by atoms with van der Waals surface area (Å²) in [6, 6.07) is 5.34. The van der Waals surface area contributed by atoms with Crippen LogP contribution in [-0.2, 0) is 4.79 Å². The number of benzene rings is 1. The normalized spacial score (nSPS) is 23.9. The Bertz CT molecular complexity index is 605. The highest BCUT2D eigenvalue weighted by atomic mass is 35.5. The standard InChI is InChI=1S/C16H19ClN2O3/c1-2-22-14-4-3-10(7-12(14)17)16(21)19-6-5-13-11(9-19)8-15(20)18-13/h3-4,7,11,13H,2,5-6,8-9H2,1H3,(H,18,20)/t11-,13+/m1/s1. The lowest BCUT2D eigenvalue weighted by molar-refractivity contribution is -0.119. The first kappa shape index (κ1) is 15.2. The van der Waals surface area contributed by atoms with E-state index in [-0.39, 0.29) is 23.8 Å². The molecular weight excluding hydrogens is 304 g/mol. The molecule has 2 saturated heterocycles. The molecule has 1 aromatic carbocycles. The summed E-state index contributed by atoms with van der Waals surface area (Å²) in [5.74, 6) is 0.865. The van der Waals surface area contributed by atoms with Crippen LogP contribution < -0.4 is 10.1 Å². The van der Waals surface area contributed by atoms with Gasteiger partial charge in [-0.2, -0.15) is 0 Å². The van der Waals surface area contributed by atoms with Crippen molar-refractivity contribution in [3.63, 3.8) is 0 Å². The van der Waals surface area contributed by atoms with Crippen molar-refractivity contribution in [1.29, 1.82) is 0 Å². The molecule has 2 fully saturated rings. The number of ether oxygens (including phenoxy) is 1. The molecule has 1 N–H and O–H groups in total. The summed E-state index contributed by atoms with van der Waals surface area (Å²) in [7, 11) is 0. The Hall–Kier alpha value is -1.75. The monoisotopic (exact) mass is 322 g/mol. The van der Waals surface area contributed by atoms with Gasteiger partial charge in [-0.1, -0.05) is 11.6 Å². The fourth-order valence-corrected chi connectivity index (χ4v) is 3.44. The number of hydrogen-bond acceptors (Lipinski definition) is 3. The van der Waals surface area contributed by atoms with Crippen LogP contribution >= 0.6 is 11.6 Å². The van der Waals surface area contributed by atoms with Gasteiger partial charge in [-0.25, -0.2) is 0 Å². The molecule has 22 heavy (non-hydrogen) atoms. The third-order valence-electron chi connectivity index (χ3n) is 4.29. The van der Waals surface area contributed by atoms with Crippen molar-refractivity contribution in [2.24, 2.45) is 5.92 Å². The molecule has 0 aliphatic carbocycles. The Labute approximate surface area is 134 Å². The Morgan fingerprint density at radius 3 is 3.05 bits per heavy atom. The van der Waals surface area contributed by atoms with E-state index in [0.29, 0.717) is 42.5 Å². The number of rotatable bonds is 3. The highest BCUT2D eigenvalue weighted by Gasteiger charge is 2.38. The zero-order chi connectivity index (χ0) is 15.7. The average Bonchev–Trinajstić information content (AvgIpc) is 2.87. The molecule has 2 atom stereocenters. The first-order valence-electron chi connectivity index (χ1n) is 7.59. The number of piperidine rings is 1. The second-order valence-electron chi connectivity index (χ2n) is 5.76. The van der Waals surface area contributed by atoms with Crippen LogP contribution in [-0.4, -0.2) is 42.5 Å². The number of likely N-dealkylation sites (tertiary alicyclic amines) is 1. The van der Waals surface area contributed by atoms with E-state index in [0.717, 1.165) is 6.42 Å². The van der Waals surface area contributed by atoms with Gasteiger partial charge in [0.2, 0.25) is 5.91 Å². The van der Waals surface area contributed by atoms with E-state index in [1.165, 1.54) is 0 Å². The van der Waals surface area contributed by atoms with Gasteiger partial charge in [0.05, 0.1) is 11.6 Å². The first-order chi connectivity index (χ1) is 10.6. The SMILES string of the molecule is CCOc1ccc(C(=O)N2CC[C@@H]3NC(=O)C[C@@H]3C2)cc1Cl. The van der Waals surface area contributed by atoms with Gasteiger partial charge in [0.25, 0.3) is 5.91 Å². The third-order valence-corrected chi connectivity index (χ3v) is 4.59. The molecule has 2 amide bonds. The van der Waals surface area contributed by atoms with Gasteiger partial charge < -0.3 is 15.0 Å². The molecule has 0 unspecified atom stereocenters. The third kappa shape index (κ3) is 2.90. The minimum absolute atomic E-state index is 0.0391. The van der Waals surface area contributed by atoms with Crippen LogP contribution in [0.4, 0.5) is 0 Å². The number of carbonyl (C=O) groups is 2. The van der Waals surface area contributed by atoms with Crippen LogP contribution in [0.25, 0.3) is 0 Å². The number of amides is 2. The molecule has 0 radical (unpaired) electrons. The number of fused-ring (bicyclic) bond motifs is 1. The van der Waals surface area contributed by atoms with Gasteiger partial charge in [-0.15, -0.1) is 0 Å². The average molecular weight is 323 g/mol. The Morgan fingerprint density at radius 2 is 2.32 bits per heavy atom. The largest absolute Gasteiger partial charge is 0.492 e. The molecule has 5 nitrogen and oxygen atoms in total. The Morgan fingerprint density at radius 1 is 1.50 bits per heavy atom. The minimum Gasteiger partial charge on any atom is -0.492 e. The van der Waals surface area contributed by atoms with Crippen molar-refractivity contribution in [3.8, 4) is 5.75 Å². The van der Waals surface area contributed by atoms with E-state index in [4.69, 9.17) is 16.3 Å². The Kier molecular flexibility index (Phi) is 4.25. The van der Waals surface area contributed by atoms with Gasteiger partial charge in [0, 0.05) is 37.0 Å². The second-order valence-corrected chi connectivity index (χ2v) is 6.16. The van der Waals surface area contributed by atoms with Gasteiger partial charge in [0.1, 0.15) is 5.75 Å². The molecule has 0 saturated carbocycles. The van der Waals surface area contributed by atoms with Crippen LogP contribution in [0.15, 0.2) is 18.2 Å². The minimum atomic E-state index is -0.0391. The van der Waals surface area contributed by atoms with Crippen LogP contribution in [0.2, 0.25) is 5.02 Å². The van der Waals surface area contributed by atoms with Crippen molar-refractivity contribution in [2.45, 2.75) is 25.8 Å². The van der Waals surface area contributed by atoms with Crippen LogP contribution in [0.3, 0.4) is 0 Å². The molecular formula is C16H19ClN2O3. The lowest BCUT2D eigenvalue weighted by Gasteiger charge is -2.34. The predicted molar refractivity (Wildman–Crippen MR) is 83.2 cm³/mol. The maximum atomic E-state index is 12.6. The van der Waals surface area contributed by atoms with E-state index < -0.39 is 0 Å². The van der Waals surface area contributed by atoms with Gasteiger partial charge >= 0.3 is 0 Å². The summed E-state index contributed by atoms with van der Waals surface area (Å²) in [5.41, 5.74) is 0.559. The van der Waals surface area contributed by atoms with E-state index in [1.54, 1.807) is 18.2 Å². The fourth-order valence-electron chi connectivity index (χ4n) is 3.21. The zero-order valence-electron chi connectivity index (χ0n) is 12.5. The van der Waals surface area contributed by atoms with Crippen molar-refractivity contribution in [3.05, 3.63) is 28.8 Å². The molecule has 0 aromatic heterocycles. The summed E-state index contributed by atoms with van der Waals surface area (Å²) < 4.78 is 5.38. The quantitative estimate of drug-likeness (QED) is 0.927.